The summed E-state index contributed by atoms with van der Waals surface area (Å²) in [6, 6.07) is 0. The highest BCUT2D eigenvalue weighted by Gasteiger charge is 2.22. The van der Waals surface area contributed by atoms with Gasteiger partial charge in [-0.15, -0.1) is 0 Å². The number of nitrogens with one attached hydrogen (secondary N) is 1. The quantitative estimate of drug-likeness (QED) is 0.529. The predicted octanol–water partition coefficient (Wildman–Crippen LogP) is 0.525. The molecule has 1 aliphatic rings. The summed E-state index contributed by atoms with van der Waals surface area (Å²) in [6.45, 7) is 1.41. The van der Waals surface area contributed by atoms with Crippen LogP contribution in [0.3, 0.4) is 0 Å². The van der Waals surface area contributed by atoms with E-state index in [9.17, 15) is 9.59 Å². The van der Waals surface area contributed by atoms with E-state index in [2.05, 4.69) is 5.32 Å². The third-order valence-corrected chi connectivity index (χ3v) is 2.44. The Bertz CT molecular complexity index is 198. The van der Waals surface area contributed by atoms with E-state index >= 15 is 0 Å². The fourth-order valence-corrected chi connectivity index (χ4v) is 1.62. The number of likely N-dealkylation sites (tertiary alicyclic amines) is 1. The van der Waals surface area contributed by atoms with Gasteiger partial charge in [-0.2, -0.15) is 0 Å². The van der Waals surface area contributed by atoms with Gasteiger partial charge in [0.1, 0.15) is 0 Å². The number of carbonyl (C=O) groups excluding carboxylic acids is 2. The fraction of sp³-hybridized carbons (Fsp3) is 0.800. The third-order valence-electron chi connectivity index (χ3n) is 2.44. The Morgan fingerprint density at radius 1 is 1.21 bits per heavy atom. The van der Waals surface area contributed by atoms with Gasteiger partial charge in [0.25, 0.3) is 0 Å². The minimum Gasteiger partial charge on any atom is -0.320 e. The normalized spacial score (nSPS) is 18.5. The van der Waals surface area contributed by atoms with Crippen LogP contribution in [0.2, 0.25) is 0 Å². The van der Waals surface area contributed by atoms with E-state index in [0.29, 0.717) is 19.4 Å². The van der Waals surface area contributed by atoms with Crippen LogP contribution in [0.15, 0.2) is 0 Å². The molecule has 4 nitrogen and oxygen atoms in total. The molecule has 0 saturated carbocycles. The van der Waals surface area contributed by atoms with E-state index in [-0.39, 0.29) is 11.8 Å². The van der Waals surface area contributed by atoms with Crippen molar-refractivity contribution in [2.45, 2.75) is 32.1 Å². The lowest BCUT2D eigenvalue weighted by molar-refractivity contribution is -0.143. The van der Waals surface area contributed by atoms with Crippen molar-refractivity contribution in [2.75, 3.05) is 20.1 Å². The molecular weight excluding hydrogens is 180 g/mol. The summed E-state index contributed by atoms with van der Waals surface area (Å²) in [7, 11) is 1.87. The van der Waals surface area contributed by atoms with Crippen LogP contribution >= 0.6 is 0 Å². The highest BCUT2D eigenvalue weighted by atomic mass is 16.2. The van der Waals surface area contributed by atoms with E-state index in [4.69, 9.17) is 0 Å². The van der Waals surface area contributed by atoms with E-state index in [1.807, 2.05) is 7.05 Å². The Kier molecular flexibility index (Phi) is 4.59. The van der Waals surface area contributed by atoms with E-state index in [1.165, 1.54) is 4.90 Å². The first-order valence-electron chi connectivity index (χ1n) is 5.23. The van der Waals surface area contributed by atoms with Crippen molar-refractivity contribution in [3.05, 3.63) is 0 Å². The number of imide groups is 1. The number of carbonyl (C=O) groups is 2. The molecule has 0 aromatic heterocycles. The van der Waals surface area contributed by atoms with Crippen LogP contribution in [-0.4, -0.2) is 36.9 Å². The lowest BCUT2D eigenvalue weighted by atomic mass is 10.2. The average Bonchev–Trinajstić information content (AvgIpc) is 2.32. The van der Waals surface area contributed by atoms with Crippen LogP contribution < -0.4 is 5.32 Å². The molecule has 0 aliphatic carbocycles. The molecule has 0 atom stereocenters. The van der Waals surface area contributed by atoms with Gasteiger partial charge in [-0.1, -0.05) is 0 Å². The zero-order valence-electron chi connectivity index (χ0n) is 8.71. The Morgan fingerprint density at radius 3 is 2.29 bits per heavy atom. The molecule has 0 bridgehead atoms. The molecule has 2 amide bonds. The highest BCUT2D eigenvalue weighted by Crippen LogP contribution is 2.12. The second-order valence-corrected chi connectivity index (χ2v) is 3.60. The molecule has 0 spiro atoms. The van der Waals surface area contributed by atoms with Gasteiger partial charge in [0.05, 0.1) is 0 Å². The molecule has 1 rings (SSSR count). The second kappa shape index (κ2) is 5.75. The van der Waals surface area contributed by atoms with Crippen molar-refractivity contribution in [3.8, 4) is 0 Å². The topological polar surface area (TPSA) is 49.4 Å². The molecule has 1 N–H and O–H groups in total. The van der Waals surface area contributed by atoms with E-state index in [1.54, 1.807) is 0 Å². The van der Waals surface area contributed by atoms with Gasteiger partial charge in [0.2, 0.25) is 11.8 Å². The van der Waals surface area contributed by atoms with Crippen molar-refractivity contribution >= 4 is 11.8 Å². The molecule has 1 fully saturated rings. The van der Waals surface area contributed by atoms with Gasteiger partial charge < -0.3 is 5.32 Å². The molecule has 0 unspecified atom stereocenters. The molecule has 1 heterocycles. The summed E-state index contributed by atoms with van der Waals surface area (Å²) in [4.78, 5) is 24.4. The third kappa shape index (κ3) is 3.10. The van der Waals surface area contributed by atoms with E-state index in [0.717, 1.165) is 25.8 Å². The predicted molar refractivity (Wildman–Crippen MR) is 53.7 cm³/mol. The van der Waals surface area contributed by atoms with Crippen molar-refractivity contribution < 1.29 is 9.59 Å². The highest BCUT2D eigenvalue weighted by molar-refractivity contribution is 5.95. The molecule has 0 radical (unpaired) electrons. The van der Waals surface area contributed by atoms with Crippen molar-refractivity contribution in [3.63, 3.8) is 0 Å². The molecule has 14 heavy (non-hydrogen) atoms. The van der Waals surface area contributed by atoms with E-state index < -0.39 is 0 Å². The Morgan fingerprint density at radius 2 is 1.79 bits per heavy atom. The minimum atomic E-state index is 0.00334. The van der Waals surface area contributed by atoms with Crippen molar-refractivity contribution in [2.24, 2.45) is 0 Å². The number of nitrogens with zero attached hydrogens (tertiary/aromatic N) is 1. The number of hydrogen-bond acceptors (Lipinski definition) is 3. The number of hydrogen-bond donors (Lipinski definition) is 1. The lowest BCUT2D eigenvalue weighted by Crippen LogP contribution is -2.36. The maximum Gasteiger partial charge on any atom is 0.229 e. The summed E-state index contributed by atoms with van der Waals surface area (Å²) in [5.74, 6) is 0.00667. The van der Waals surface area contributed by atoms with Crippen LogP contribution in [0.4, 0.5) is 0 Å². The van der Waals surface area contributed by atoms with Crippen LogP contribution in [0, 0.1) is 0 Å². The monoisotopic (exact) mass is 198 g/mol. The van der Waals surface area contributed by atoms with Gasteiger partial charge in [-0.05, 0) is 32.9 Å². The average molecular weight is 198 g/mol. The van der Waals surface area contributed by atoms with Crippen LogP contribution in [0.1, 0.15) is 32.1 Å². The van der Waals surface area contributed by atoms with Crippen LogP contribution in [-0.2, 0) is 9.59 Å². The van der Waals surface area contributed by atoms with Crippen molar-refractivity contribution in [1.29, 1.82) is 0 Å². The molecule has 1 aliphatic heterocycles. The molecule has 0 aromatic rings. The smallest absolute Gasteiger partial charge is 0.229 e. The fourth-order valence-electron chi connectivity index (χ4n) is 1.62. The van der Waals surface area contributed by atoms with Gasteiger partial charge in [0, 0.05) is 19.4 Å². The van der Waals surface area contributed by atoms with Crippen molar-refractivity contribution in [1.82, 2.24) is 10.2 Å². The lowest BCUT2D eigenvalue weighted by Gasteiger charge is -2.18. The zero-order chi connectivity index (χ0) is 10.4. The van der Waals surface area contributed by atoms with Crippen LogP contribution in [0.25, 0.3) is 0 Å². The molecular formula is C10H18N2O2. The summed E-state index contributed by atoms with van der Waals surface area (Å²) in [5, 5.41) is 3.00. The second-order valence-electron chi connectivity index (χ2n) is 3.60. The summed E-state index contributed by atoms with van der Waals surface area (Å²) in [5.41, 5.74) is 0. The Labute approximate surface area is 84.7 Å². The summed E-state index contributed by atoms with van der Waals surface area (Å²) in [6.07, 6.45) is 3.62. The maximum atomic E-state index is 11.5. The largest absolute Gasteiger partial charge is 0.320 e. The molecule has 1 saturated heterocycles. The minimum absolute atomic E-state index is 0.00334. The first kappa shape index (κ1) is 11.2. The summed E-state index contributed by atoms with van der Waals surface area (Å²) >= 11 is 0. The first-order valence-corrected chi connectivity index (χ1v) is 5.23. The number of amides is 2. The van der Waals surface area contributed by atoms with Crippen LogP contribution in [0.5, 0.6) is 0 Å². The molecule has 0 aromatic carbocycles. The summed E-state index contributed by atoms with van der Waals surface area (Å²) < 4.78 is 0. The zero-order valence-corrected chi connectivity index (χ0v) is 8.71. The molecule has 4 heteroatoms. The maximum absolute atomic E-state index is 11.5. The Hall–Kier alpha value is -0.900. The van der Waals surface area contributed by atoms with Gasteiger partial charge in [-0.3, -0.25) is 14.5 Å². The Balaban J connectivity index is 2.44. The SMILES string of the molecule is CNCCCN1C(=O)CCCCC1=O. The standard InChI is InChI=1S/C10H18N2O2/c1-11-7-4-8-12-9(13)5-2-3-6-10(12)14/h11H,2-8H2,1H3. The number of rotatable bonds is 4. The van der Waals surface area contributed by atoms with Gasteiger partial charge in [0.15, 0.2) is 0 Å². The van der Waals surface area contributed by atoms with Gasteiger partial charge in [-0.25, -0.2) is 0 Å². The molecule has 80 valence electrons. The van der Waals surface area contributed by atoms with Gasteiger partial charge >= 0.3 is 0 Å². The first-order chi connectivity index (χ1) is 6.75.